The maximum absolute atomic E-state index is 4.44. The van der Waals surface area contributed by atoms with Crippen LogP contribution < -0.4 is 4.90 Å². The van der Waals surface area contributed by atoms with Crippen molar-refractivity contribution in [3.8, 4) is 0 Å². The molecule has 2 nitrogen and oxygen atoms in total. The molecule has 0 saturated heterocycles. The topological polar surface area (TPSA) is 16.1 Å². The van der Waals surface area contributed by atoms with Gasteiger partial charge in [-0.2, -0.15) is 0 Å². The van der Waals surface area contributed by atoms with Gasteiger partial charge in [0.15, 0.2) is 0 Å². The second-order valence-electron chi connectivity index (χ2n) is 4.38. The molecule has 2 heteroatoms. The lowest BCUT2D eigenvalue weighted by Crippen LogP contribution is -2.11. The number of aromatic nitrogens is 1. The van der Waals surface area contributed by atoms with Crippen molar-refractivity contribution in [2.45, 2.75) is 6.42 Å². The van der Waals surface area contributed by atoms with Crippen LogP contribution in [-0.4, -0.2) is 19.1 Å². The standard InChI is InChI=1S/C16H18N2/c1-18(2)16-12-7-13-17-15(16)11-6-10-14-8-4-3-5-9-14/h3-10,12-13H,11H2,1-2H3. The molecule has 2 aromatic rings. The summed E-state index contributed by atoms with van der Waals surface area (Å²) in [5.41, 5.74) is 3.50. The van der Waals surface area contributed by atoms with Gasteiger partial charge in [-0.05, 0) is 17.7 Å². The molecule has 0 bridgehead atoms. The molecule has 0 atom stereocenters. The van der Waals surface area contributed by atoms with Crippen LogP contribution in [0.1, 0.15) is 11.3 Å². The molecule has 0 aliphatic heterocycles. The molecule has 0 fully saturated rings. The molecule has 1 aromatic carbocycles. The van der Waals surface area contributed by atoms with Crippen LogP contribution in [0.25, 0.3) is 6.08 Å². The van der Waals surface area contributed by atoms with E-state index in [1.54, 1.807) is 0 Å². The van der Waals surface area contributed by atoms with E-state index in [9.17, 15) is 0 Å². The van der Waals surface area contributed by atoms with Crippen molar-refractivity contribution in [1.82, 2.24) is 4.98 Å². The van der Waals surface area contributed by atoms with Gasteiger partial charge < -0.3 is 4.90 Å². The maximum Gasteiger partial charge on any atom is 0.0674 e. The zero-order valence-corrected chi connectivity index (χ0v) is 10.9. The molecular weight excluding hydrogens is 220 g/mol. The van der Waals surface area contributed by atoms with Crippen LogP contribution >= 0.6 is 0 Å². The van der Waals surface area contributed by atoms with Gasteiger partial charge in [0, 0.05) is 26.7 Å². The highest BCUT2D eigenvalue weighted by molar-refractivity contribution is 5.53. The van der Waals surface area contributed by atoms with Crippen LogP contribution in [0.2, 0.25) is 0 Å². The van der Waals surface area contributed by atoms with Crippen molar-refractivity contribution >= 4 is 11.8 Å². The van der Waals surface area contributed by atoms with E-state index in [1.165, 1.54) is 11.3 Å². The van der Waals surface area contributed by atoms with Crippen LogP contribution in [0.4, 0.5) is 5.69 Å². The number of hydrogen-bond acceptors (Lipinski definition) is 2. The van der Waals surface area contributed by atoms with E-state index < -0.39 is 0 Å². The number of rotatable bonds is 4. The Morgan fingerprint density at radius 3 is 2.56 bits per heavy atom. The third-order valence-corrected chi connectivity index (χ3v) is 2.77. The van der Waals surface area contributed by atoms with E-state index in [-0.39, 0.29) is 0 Å². The van der Waals surface area contributed by atoms with Gasteiger partial charge in [0.25, 0.3) is 0 Å². The lowest BCUT2D eigenvalue weighted by atomic mass is 10.1. The van der Waals surface area contributed by atoms with Crippen LogP contribution in [0.3, 0.4) is 0 Å². The predicted molar refractivity (Wildman–Crippen MR) is 77.7 cm³/mol. The first kappa shape index (κ1) is 12.4. The zero-order valence-electron chi connectivity index (χ0n) is 10.9. The first-order chi connectivity index (χ1) is 8.77. The first-order valence-electron chi connectivity index (χ1n) is 6.10. The molecule has 1 aromatic heterocycles. The Morgan fingerprint density at radius 2 is 1.83 bits per heavy atom. The second-order valence-corrected chi connectivity index (χ2v) is 4.38. The molecule has 18 heavy (non-hydrogen) atoms. The lowest BCUT2D eigenvalue weighted by molar-refractivity contribution is 1.04. The smallest absolute Gasteiger partial charge is 0.0674 e. The third kappa shape index (κ3) is 3.20. The van der Waals surface area contributed by atoms with Crippen molar-refractivity contribution in [3.05, 3.63) is 66.0 Å². The summed E-state index contributed by atoms with van der Waals surface area (Å²) in [5, 5.41) is 0. The lowest BCUT2D eigenvalue weighted by Gasteiger charge is -2.15. The summed E-state index contributed by atoms with van der Waals surface area (Å²) in [5.74, 6) is 0. The summed E-state index contributed by atoms with van der Waals surface area (Å²) in [7, 11) is 4.09. The molecule has 0 radical (unpaired) electrons. The molecule has 0 amide bonds. The van der Waals surface area contributed by atoms with Crippen molar-refractivity contribution in [2.75, 3.05) is 19.0 Å². The Balaban J connectivity index is 2.09. The van der Waals surface area contributed by atoms with E-state index in [2.05, 4.69) is 40.2 Å². The minimum atomic E-state index is 0.850. The Kier molecular flexibility index (Phi) is 4.13. The van der Waals surface area contributed by atoms with Crippen molar-refractivity contribution in [2.24, 2.45) is 0 Å². The fourth-order valence-corrected chi connectivity index (χ4v) is 1.86. The van der Waals surface area contributed by atoms with Crippen LogP contribution in [-0.2, 0) is 6.42 Å². The van der Waals surface area contributed by atoms with Gasteiger partial charge in [0.1, 0.15) is 0 Å². The molecule has 0 aliphatic rings. The van der Waals surface area contributed by atoms with Gasteiger partial charge in [-0.1, -0.05) is 42.5 Å². The molecule has 92 valence electrons. The molecule has 0 spiro atoms. The Morgan fingerprint density at radius 1 is 1.06 bits per heavy atom. The number of hydrogen-bond donors (Lipinski definition) is 0. The highest BCUT2D eigenvalue weighted by Gasteiger charge is 2.02. The molecule has 2 rings (SSSR count). The minimum absolute atomic E-state index is 0.850. The summed E-state index contributed by atoms with van der Waals surface area (Å²) in [4.78, 5) is 6.53. The van der Waals surface area contributed by atoms with Gasteiger partial charge >= 0.3 is 0 Å². The molecule has 1 heterocycles. The quantitative estimate of drug-likeness (QED) is 0.811. The summed E-state index contributed by atoms with van der Waals surface area (Å²) in [6.45, 7) is 0. The molecular formula is C16H18N2. The fraction of sp³-hybridized carbons (Fsp3) is 0.188. The van der Waals surface area contributed by atoms with Crippen molar-refractivity contribution < 1.29 is 0 Å². The molecule has 0 aliphatic carbocycles. The highest BCUT2D eigenvalue weighted by atomic mass is 15.1. The van der Waals surface area contributed by atoms with Crippen LogP contribution in [0, 0.1) is 0 Å². The number of benzene rings is 1. The summed E-state index contributed by atoms with van der Waals surface area (Å²) in [6.07, 6.45) is 6.99. The fourth-order valence-electron chi connectivity index (χ4n) is 1.86. The number of anilines is 1. The maximum atomic E-state index is 4.44. The van der Waals surface area contributed by atoms with Crippen molar-refractivity contribution in [3.63, 3.8) is 0 Å². The first-order valence-corrected chi connectivity index (χ1v) is 6.10. The Hall–Kier alpha value is -2.09. The zero-order chi connectivity index (χ0) is 12.8. The third-order valence-electron chi connectivity index (χ3n) is 2.77. The van der Waals surface area contributed by atoms with Gasteiger partial charge in [0.05, 0.1) is 11.4 Å². The van der Waals surface area contributed by atoms with Gasteiger partial charge in [-0.15, -0.1) is 0 Å². The van der Waals surface area contributed by atoms with E-state index in [0.29, 0.717) is 0 Å². The van der Waals surface area contributed by atoms with Crippen LogP contribution in [0.5, 0.6) is 0 Å². The molecule has 0 N–H and O–H groups in total. The largest absolute Gasteiger partial charge is 0.376 e. The van der Waals surface area contributed by atoms with Crippen molar-refractivity contribution in [1.29, 1.82) is 0 Å². The predicted octanol–water partition coefficient (Wildman–Crippen LogP) is 3.40. The molecule has 0 saturated carbocycles. The van der Waals surface area contributed by atoms with E-state index in [4.69, 9.17) is 0 Å². The molecule has 0 unspecified atom stereocenters. The summed E-state index contributed by atoms with van der Waals surface area (Å²) in [6, 6.07) is 14.4. The van der Waals surface area contributed by atoms with Gasteiger partial charge in [0.2, 0.25) is 0 Å². The average Bonchev–Trinajstić information content (AvgIpc) is 2.40. The minimum Gasteiger partial charge on any atom is -0.376 e. The van der Waals surface area contributed by atoms with E-state index >= 15 is 0 Å². The Labute approximate surface area is 109 Å². The van der Waals surface area contributed by atoms with Gasteiger partial charge in [-0.3, -0.25) is 4.98 Å². The number of nitrogens with zero attached hydrogens (tertiary/aromatic N) is 2. The number of pyridine rings is 1. The van der Waals surface area contributed by atoms with E-state index in [1.807, 2.05) is 44.6 Å². The summed E-state index contributed by atoms with van der Waals surface area (Å²) >= 11 is 0. The van der Waals surface area contributed by atoms with Crippen LogP contribution in [0.15, 0.2) is 54.7 Å². The Bertz CT molecular complexity index is 516. The highest BCUT2D eigenvalue weighted by Crippen LogP contribution is 2.16. The van der Waals surface area contributed by atoms with E-state index in [0.717, 1.165) is 12.1 Å². The summed E-state index contributed by atoms with van der Waals surface area (Å²) < 4.78 is 0. The average molecular weight is 238 g/mol. The SMILES string of the molecule is CN(C)c1cccnc1CC=Cc1ccccc1. The van der Waals surface area contributed by atoms with Gasteiger partial charge in [-0.25, -0.2) is 0 Å². The normalized spacial score (nSPS) is 10.8. The monoisotopic (exact) mass is 238 g/mol. The second kappa shape index (κ2) is 6.01. The number of allylic oxidation sites excluding steroid dienone is 1.